The number of furan rings is 2. The lowest BCUT2D eigenvalue weighted by Gasteiger charge is -2.19. The van der Waals surface area contributed by atoms with Crippen molar-refractivity contribution in [2.24, 2.45) is 5.92 Å². The summed E-state index contributed by atoms with van der Waals surface area (Å²) >= 11 is 3.09. The van der Waals surface area contributed by atoms with Gasteiger partial charge in [0.15, 0.2) is 10.4 Å². The van der Waals surface area contributed by atoms with Gasteiger partial charge in [-0.3, -0.25) is 9.59 Å². The molecule has 0 aromatic carbocycles. The second-order valence-corrected chi connectivity index (χ2v) is 6.45. The molecular weight excluding hydrogens is 408 g/mol. The Balaban J connectivity index is 2.25. The number of aliphatic carboxylic acids is 1. The number of hydrogen-bond donors (Lipinski definition) is 3. The molecule has 2 aromatic heterocycles. The van der Waals surface area contributed by atoms with Gasteiger partial charge in [-0.05, 0) is 46.1 Å². The number of carbonyl (C=O) groups excluding carboxylic acids is 2. The first-order valence-electron chi connectivity index (χ1n) is 7.63. The van der Waals surface area contributed by atoms with E-state index in [0.717, 1.165) is 0 Å². The quantitative estimate of drug-likeness (QED) is 0.587. The molecule has 0 aliphatic heterocycles. The number of nitrogens with one attached hydrogen (secondary N) is 2. The van der Waals surface area contributed by atoms with E-state index in [0.29, 0.717) is 10.4 Å². The Bertz CT molecular complexity index is 822. The summed E-state index contributed by atoms with van der Waals surface area (Å²) in [5, 5.41) is 14.0. The van der Waals surface area contributed by atoms with Crippen molar-refractivity contribution in [2.45, 2.75) is 19.9 Å². The third-order valence-electron chi connectivity index (χ3n) is 3.34. The van der Waals surface area contributed by atoms with Crippen molar-refractivity contribution in [3.63, 3.8) is 0 Å². The molecule has 1 atom stereocenters. The van der Waals surface area contributed by atoms with Gasteiger partial charge >= 0.3 is 5.97 Å². The molecule has 3 N–H and O–H groups in total. The maximum Gasteiger partial charge on any atom is 0.326 e. The van der Waals surface area contributed by atoms with E-state index in [1.165, 1.54) is 24.5 Å². The van der Waals surface area contributed by atoms with Crippen LogP contribution in [-0.2, 0) is 9.59 Å². The van der Waals surface area contributed by atoms with Gasteiger partial charge in [0.05, 0.1) is 6.26 Å². The summed E-state index contributed by atoms with van der Waals surface area (Å²) in [6.07, 6.45) is 2.70. The highest BCUT2D eigenvalue weighted by molar-refractivity contribution is 9.10. The Kier molecular flexibility index (Phi) is 6.40. The fraction of sp³-hybridized carbons (Fsp3) is 0.235. The van der Waals surface area contributed by atoms with Crippen molar-refractivity contribution in [3.05, 3.63) is 52.4 Å². The van der Waals surface area contributed by atoms with Crippen LogP contribution in [0.3, 0.4) is 0 Å². The molecular formula is C17H17BrN2O6. The van der Waals surface area contributed by atoms with Gasteiger partial charge in [0, 0.05) is 6.08 Å². The lowest BCUT2D eigenvalue weighted by molar-refractivity contribution is -0.142. The minimum Gasteiger partial charge on any atom is -0.480 e. The summed E-state index contributed by atoms with van der Waals surface area (Å²) in [4.78, 5) is 36.1. The zero-order valence-corrected chi connectivity index (χ0v) is 15.6. The molecule has 0 fully saturated rings. The number of hydrogen-bond acceptors (Lipinski definition) is 5. The van der Waals surface area contributed by atoms with Crippen LogP contribution in [0.1, 0.15) is 30.2 Å². The van der Waals surface area contributed by atoms with Crippen LogP contribution in [0, 0.1) is 5.92 Å². The highest BCUT2D eigenvalue weighted by atomic mass is 79.9. The SMILES string of the molecule is CC(C)[C@@H](NC(=O)/C(=C\c1ccco1)NC(=O)c1ccc(Br)o1)C(=O)O. The predicted octanol–water partition coefficient (Wildman–Crippen LogP) is 2.63. The molecule has 0 spiro atoms. The average Bonchev–Trinajstić information content (AvgIpc) is 3.22. The van der Waals surface area contributed by atoms with Gasteiger partial charge in [-0.15, -0.1) is 0 Å². The molecule has 2 aromatic rings. The normalized spacial score (nSPS) is 12.7. The number of carbonyl (C=O) groups is 3. The van der Waals surface area contributed by atoms with Gasteiger partial charge in [-0.1, -0.05) is 13.8 Å². The molecule has 0 bridgehead atoms. The number of carboxylic acid groups (broad SMARTS) is 1. The minimum atomic E-state index is -1.17. The maximum atomic E-state index is 12.5. The lowest BCUT2D eigenvalue weighted by Crippen LogP contribution is -2.47. The van der Waals surface area contributed by atoms with E-state index in [1.807, 2.05) is 0 Å². The van der Waals surface area contributed by atoms with E-state index in [9.17, 15) is 19.5 Å². The molecule has 2 rings (SSSR count). The molecule has 2 heterocycles. The van der Waals surface area contributed by atoms with Gasteiger partial charge in [0.25, 0.3) is 11.8 Å². The number of carboxylic acids is 1. The molecule has 0 saturated carbocycles. The molecule has 9 heteroatoms. The maximum absolute atomic E-state index is 12.5. The Hall–Kier alpha value is -2.81. The zero-order valence-electron chi connectivity index (χ0n) is 14.0. The Labute approximate surface area is 157 Å². The highest BCUT2D eigenvalue weighted by Gasteiger charge is 2.26. The van der Waals surface area contributed by atoms with Crippen molar-refractivity contribution >= 4 is 39.8 Å². The first-order valence-corrected chi connectivity index (χ1v) is 8.42. The molecule has 0 aliphatic rings. The number of rotatable bonds is 7. The zero-order chi connectivity index (χ0) is 19.3. The van der Waals surface area contributed by atoms with Crippen molar-refractivity contribution in [3.8, 4) is 0 Å². The lowest BCUT2D eigenvalue weighted by atomic mass is 10.0. The first-order chi connectivity index (χ1) is 12.3. The van der Waals surface area contributed by atoms with Crippen molar-refractivity contribution < 1.29 is 28.3 Å². The predicted molar refractivity (Wildman–Crippen MR) is 95.0 cm³/mol. The van der Waals surface area contributed by atoms with E-state index >= 15 is 0 Å². The summed E-state index contributed by atoms with van der Waals surface area (Å²) < 4.78 is 10.7. The topological polar surface area (TPSA) is 122 Å². The second kappa shape index (κ2) is 8.52. The summed E-state index contributed by atoms with van der Waals surface area (Å²) in [7, 11) is 0. The van der Waals surface area contributed by atoms with Gasteiger partial charge in [-0.2, -0.15) is 0 Å². The van der Waals surface area contributed by atoms with Gasteiger partial charge in [0.2, 0.25) is 0 Å². The van der Waals surface area contributed by atoms with E-state index in [-0.39, 0.29) is 17.4 Å². The third-order valence-corrected chi connectivity index (χ3v) is 3.77. The van der Waals surface area contributed by atoms with Crippen LogP contribution in [0.5, 0.6) is 0 Å². The summed E-state index contributed by atoms with van der Waals surface area (Å²) in [5.74, 6) is -2.66. The van der Waals surface area contributed by atoms with Gasteiger partial charge < -0.3 is 24.6 Å². The van der Waals surface area contributed by atoms with Crippen molar-refractivity contribution in [1.82, 2.24) is 10.6 Å². The van der Waals surface area contributed by atoms with Crippen LogP contribution in [0.15, 0.2) is 49.7 Å². The summed E-state index contributed by atoms with van der Waals surface area (Å²) in [5.41, 5.74) is -0.177. The Morgan fingerprint density at radius 1 is 1.23 bits per heavy atom. The molecule has 0 unspecified atom stereocenters. The minimum absolute atomic E-state index is 0.0198. The van der Waals surface area contributed by atoms with Crippen LogP contribution in [0.25, 0.3) is 6.08 Å². The standard InChI is InChI=1S/C17H17BrN2O6/c1-9(2)14(17(23)24)20-15(21)11(8-10-4-3-7-25-10)19-16(22)12-5-6-13(18)26-12/h3-9,14H,1-2H3,(H,19,22)(H,20,21)(H,23,24)/b11-8+/t14-/m1/s1. The molecule has 26 heavy (non-hydrogen) atoms. The second-order valence-electron chi connectivity index (χ2n) is 5.66. The fourth-order valence-electron chi connectivity index (χ4n) is 2.03. The molecule has 138 valence electrons. The van der Waals surface area contributed by atoms with Crippen LogP contribution < -0.4 is 10.6 Å². The average molecular weight is 425 g/mol. The fourth-order valence-corrected chi connectivity index (χ4v) is 2.33. The smallest absolute Gasteiger partial charge is 0.326 e. The van der Waals surface area contributed by atoms with Crippen LogP contribution in [0.2, 0.25) is 0 Å². The molecule has 8 nitrogen and oxygen atoms in total. The van der Waals surface area contributed by atoms with Crippen LogP contribution >= 0.6 is 15.9 Å². The molecule has 0 saturated heterocycles. The largest absolute Gasteiger partial charge is 0.480 e. The van der Waals surface area contributed by atoms with E-state index in [2.05, 4.69) is 26.6 Å². The van der Waals surface area contributed by atoms with Crippen LogP contribution in [0.4, 0.5) is 0 Å². The molecule has 2 amide bonds. The Morgan fingerprint density at radius 3 is 2.46 bits per heavy atom. The first kappa shape index (κ1) is 19.5. The van der Waals surface area contributed by atoms with Gasteiger partial charge in [-0.25, -0.2) is 4.79 Å². The van der Waals surface area contributed by atoms with Gasteiger partial charge in [0.1, 0.15) is 17.5 Å². The van der Waals surface area contributed by atoms with E-state index in [4.69, 9.17) is 8.83 Å². The highest BCUT2D eigenvalue weighted by Crippen LogP contribution is 2.15. The van der Waals surface area contributed by atoms with E-state index < -0.39 is 23.8 Å². The monoisotopic (exact) mass is 424 g/mol. The Morgan fingerprint density at radius 2 is 1.96 bits per heavy atom. The van der Waals surface area contributed by atoms with Crippen molar-refractivity contribution in [1.29, 1.82) is 0 Å². The summed E-state index contributed by atoms with van der Waals surface area (Å²) in [6.45, 7) is 3.32. The molecule has 0 aliphatic carbocycles. The summed E-state index contributed by atoms with van der Waals surface area (Å²) in [6, 6.07) is 5.04. The molecule has 0 radical (unpaired) electrons. The number of amides is 2. The number of halogens is 1. The van der Waals surface area contributed by atoms with Crippen LogP contribution in [-0.4, -0.2) is 28.9 Å². The van der Waals surface area contributed by atoms with E-state index in [1.54, 1.807) is 26.0 Å². The van der Waals surface area contributed by atoms with Crippen molar-refractivity contribution in [2.75, 3.05) is 0 Å². The third kappa shape index (κ3) is 5.09.